The molecular formula is C25H27FN4. The lowest BCUT2D eigenvalue weighted by Gasteiger charge is -2.22. The summed E-state index contributed by atoms with van der Waals surface area (Å²) in [6, 6.07) is 14.2. The fourth-order valence-electron chi connectivity index (χ4n) is 4.03. The summed E-state index contributed by atoms with van der Waals surface area (Å²) in [5.41, 5.74) is 11.5. The largest absolute Gasteiger partial charge is 0.404 e. The molecule has 2 heterocycles. The number of aromatic nitrogens is 2. The first-order chi connectivity index (χ1) is 14.6. The van der Waals surface area contributed by atoms with Gasteiger partial charge in [-0.05, 0) is 56.7 Å². The molecule has 0 bridgehead atoms. The number of alkyl halides is 1. The maximum absolute atomic E-state index is 13.3. The lowest BCUT2D eigenvalue weighted by molar-refractivity contribution is 0.211. The van der Waals surface area contributed by atoms with Crippen LogP contribution in [0.25, 0.3) is 27.7 Å². The summed E-state index contributed by atoms with van der Waals surface area (Å²) < 4.78 is 13.3. The third-order valence-electron chi connectivity index (χ3n) is 5.77. The van der Waals surface area contributed by atoms with Gasteiger partial charge in [0.05, 0.1) is 11.2 Å². The normalized spacial score (nSPS) is 20.1. The zero-order chi connectivity index (χ0) is 20.9. The molecule has 2 N–H and O–H groups in total. The second-order valence-corrected chi connectivity index (χ2v) is 7.99. The van der Waals surface area contributed by atoms with Gasteiger partial charge in [-0.25, -0.2) is 4.39 Å². The minimum atomic E-state index is -0.637. The summed E-state index contributed by atoms with van der Waals surface area (Å²) in [6.07, 6.45) is 7.69. The Morgan fingerprint density at radius 1 is 1.17 bits per heavy atom. The van der Waals surface area contributed by atoms with Crippen LogP contribution in [0.1, 0.15) is 36.9 Å². The topological polar surface area (TPSA) is 64.2 Å². The summed E-state index contributed by atoms with van der Waals surface area (Å²) in [5, 5.41) is 1.09. The zero-order valence-corrected chi connectivity index (χ0v) is 17.3. The van der Waals surface area contributed by atoms with Gasteiger partial charge in [-0.15, -0.1) is 0 Å². The van der Waals surface area contributed by atoms with E-state index in [1.165, 1.54) is 0 Å². The van der Waals surface area contributed by atoms with Crippen molar-refractivity contribution < 1.29 is 4.39 Å². The molecule has 0 unspecified atom stereocenters. The van der Waals surface area contributed by atoms with E-state index in [2.05, 4.69) is 28.2 Å². The second-order valence-electron chi connectivity index (χ2n) is 7.99. The van der Waals surface area contributed by atoms with Crippen LogP contribution >= 0.6 is 0 Å². The van der Waals surface area contributed by atoms with E-state index in [9.17, 15) is 4.39 Å². The van der Waals surface area contributed by atoms with Gasteiger partial charge in [-0.1, -0.05) is 24.3 Å². The molecule has 0 atom stereocenters. The predicted molar refractivity (Wildman–Crippen MR) is 122 cm³/mol. The second kappa shape index (κ2) is 9.16. The summed E-state index contributed by atoms with van der Waals surface area (Å²) in [6.45, 7) is 2.69. The Morgan fingerprint density at radius 3 is 2.80 bits per heavy atom. The third-order valence-corrected chi connectivity index (χ3v) is 5.77. The van der Waals surface area contributed by atoms with Gasteiger partial charge in [-0.2, -0.15) is 0 Å². The van der Waals surface area contributed by atoms with E-state index in [0.29, 0.717) is 25.3 Å². The Balaban J connectivity index is 1.61. The number of pyridine rings is 2. The molecule has 4 nitrogen and oxygen atoms in total. The van der Waals surface area contributed by atoms with Crippen molar-refractivity contribution in [3.05, 3.63) is 66.1 Å². The number of allylic oxidation sites excluding steroid dienone is 1. The average molecular weight is 403 g/mol. The van der Waals surface area contributed by atoms with Crippen LogP contribution in [-0.2, 0) is 0 Å². The van der Waals surface area contributed by atoms with Crippen LogP contribution in [0.5, 0.6) is 0 Å². The highest BCUT2D eigenvalue weighted by atomic mass is 19.1. The molecule has 1 fully saturated rings. The van der Waals surface area contributed by atoms with Crippen molar-refractivity contribution in [1.82, 2.24) is 9.97 Å². The van der Waals surface area contributed by atoms with Gasteiger partial charge < -0.3 is 5.73 Å². The SMILES string of the molecule is Cc1ccc(/C(C=NCC2CCC(F)CC2)=C/N)c(-c2ccc3cccnc3c2)n1. The number of benzene rings is 1. The summed E-state index contributed by atoms with van der Waals surface area (Å²) in [5.74, 6) is 0.453. The number of nitrogens with zero attached hydrogens (tertiary/aromatic N) is 3. The van der Waals surface area contributed by atoms with Gasteiger partial charge in [-0.3, -0.25) is 15.0 Å². The summed E-state index contributed by atoms with van der Waals surface area (Å²) in [7, 11) is 0. The molecule has 0 spiro atoms. The van der Waals surface area contributed by atoms with Crippen LogP contribution < -0.4 is 5.73 Å². The molecule has 154 valence electrons. The first-order valence-electron chi connectivity index (χ1n) is 10.5. The lowest BCUT2D eigenvalue weighted by Crippen LogP contribution is -2.17. The third kappa shape index (κ3) is 4.56. The van der Waals surface area contributed by atoms with Crippen LogP contribution in [0, 0.1) is 12.8 Å². The molecule has 0 aliphatic heterocycles. The Kier molecular flexibility index (Phi) is 6.17. The Bertz CT molecular complexity index is 1080. The number of halogens is 1. The number of hydrogen-bond acceptors (Lipinski definition) is 4. The summed E-state index contributed by atoms with van der Waals surface area (Å²) in [4.78, 5) is 13.9. The van der Waals surface area contributed by atoms with Gasteiger partial charge in [0.1, 0.15) is 6.17 Å². The van der Waals surface area contributed by atoms with Crippen LogP contribution in [0.4, 0.5) is 4.39 Å². The standard InChI is InChI=1S/C25H27FN4/c1-17-4-11-23(21(14-27)16-28-15-18-5-9-22(26)10-6-18)25(30-17)20-8-7-19-3-2-12-29-24(19)13-20/h2-4,7-8,11-14,16,18,22H,5-6,9-10,15,27H2,1H3/b21-14+,28-16?. The Morgan fingerprint density at radius 2 is 2.00 bits per heavy atom. The van der Waals surface area contributed by atoms with Crippen molar-refractivity contribution >= 4 is 22.7 Å². The highest BCUT2D eigenvalue weighted by molar-refractivity contribution is 6.11. The van der Waals surface area contributed by atoms with Crippen molar-refractivity contribution in [2.24, 2.45) is 16.6 Å². The quantitative estimate of drug-likeness (QED) is 0.573. The maximum atomic E-state index is 13.3. The van der Waals surface area contributed by atoms with Crippen LogP contribution in [0.3, 0.4) is 0 Å². The lowest BCUT2D eigenvalue weighted by atomic mass is 9.88. The molecule has 4 rings (SSSR count). The van der Waals surface area contributed by atoms with E-state index in [-0.39, 0.29) is 0 Å². The van der Waals surface area contributed by atoms with Crippen LogP contribution in [0.2, 0.25) is 0 Å². The van der Waals surface area contributed by atoms with Crippen LogP contribution in [-0.4, -0.2) is 28.9 Å². The fourth-order valence-corrected chi connectivity index (χ4v) is 4.03. The average Bonchev–Trinajstić information content (AvgIpc) is 2.78. The van der Waals surface area contributed by atoms with E-state index in [1.54, 1.807) is 12.4 Å². The summed E-state index contributed by atoms with van der Waals surface area (Å²) >= 11 is 0. The van der Waals surface area contributed by atoms with Crippen LogP contribution in [0.15, 0.2) is 59.9 Å². The van der Waals surface area contributed by atoms with Crippen molar-refractivity contribution in [1.29, 1.82) is 0 Å². The maximum Gasteiger partial charge on any atom is 0.100 e. The van der Waals surface area contributed by atoms with Gasteiger partial charge in [0.2, 0.25) is 0 Å². The van der Waals surface area contributed by atoms with Crippen molar-refractivity contribution in [3.8, 4) is 11.3 Å². The highest BCUT2D eigenvalue weighted by Gasteiger charge is 2.20. The molecule has 5 heteroatoms. The molecule has 1 saturated carbocycles. The molecule has 3 aromatic rings. The first-order valence-corrected chi connectivity index (χ1v) is 10.5. The minimum absolute atomic E-state index is 0.453. The molecule has 0 amide bonds. The molecular weight excluding hydrogens is 375 g/mol. The van der Waals surface area contributed by atoms with Crippen molar-refractivity contribution in [3.63, 3.8) is 0 Å². The molecule has 1 aliphatic rings. The number of rotatable bonds is 5. The first kappa shape index (κ1) is 20.2. The number of nitrogens with two attached hydrogens (primary N) is 1. The van der Waals surface area contributed by atoms with E-state index in [4.69, 9.17) is 10.7 Å². The number of aliphatic imine (C=N–C) groups is 1. The van der Waals surface area contributed by atoms with Crippen molar-refractivity contribution in [2.45, 2.75) is 38.8 Å². The Labute approximate surface area is 176 Å². The van der Waals surface area contributed by atoms with E-state index in [0.717, 1.165) is 51.8 Å². The van der Waals surface area contributed by atoms with Gasteiger partial charge >= 0.3 is 0 Å². The van der Waals surface area contributed by atoms with E-state index >= 15 is 0 Å². The number of hydrogen-bond donors (Lipinski definition) is 1. The minimum Gasteiger partial charge on any atom is -0.404 e. The molecule has 1 aliphatic carbocycles. The molecule has 2 aromatic heterocycles. The van der Waals surface area contributed by atoms with Crippen molar-refractivity contribution in [2.75, 3.05) is 6.54 Å². The monoisotopic (exact) mass is 402 g/mol. The molecule has 0 radical (unpaired) electrons. The van der Waals surface area contributed by atoms with Gasteiger partial charge in [0.25, 0.3) is 0 Å². The van der Waals surface area contributed by atoms with E-state index in [1.807, 2.05) is 37.4 Å². The predicted octanol–water partition coefficient (Wildman–Crippen LogP) is 5.50. The molecule has 0 saturated heterocycles. The fraction of sp³-hybridized carbons (Fsp3) is 0.320. The van der Waals surface area contributed by atoms with Gasteiger partial charge in [0, 0.05) is 52.9 Å². The zero-order valence-electron chi connectivity index (χ0n) is 17.3. The van der Waals surface area contributed by atoms with Gasteiger partial charge in [0.15, 0.2) is 0 Å². The highest BCUT2D eigenvalue weighted by Crippen LogP contribution is 2.29. The molecule has 30 heavy (non-hydrogen) atoms. The number of fused-ring (bicyclic) bond motifs is 1. The Hall–Kier alpha value is -3.08. The molecule has 1 aromatic carbocycles. The smallest absolute Gasteiger partial charge is 0.100 e. The number of aryl methyl sites for hydroxylation is 1. The van der Waals surface area contributed by atoms with E-state index < -0.39 is 6.17 Å².